The fraction of sp³-hybridized carbons (Fsp3) is 0.375. The van der Waals surface area contributed by atoms with Gasteiger partial charge in [-0.2, -0.15) is 0 Å². The molecule has 0 amide bonds. The zero-order chi connectivity index (χ0) is 10.7. The van der Waals surface area contributed by atoms with Gasteiger partial charge in [-0.1, -0.05) is 0 Å². The standard InChI is InChI=1S/C8H10BrN3O2/c1-3-12(2)8-10-4-5(9)6(11-8)7(13)14/h4H,3H2,1-2H3,(H,13,14). The maximum absolute atomic E-state index is 10.7. The van der Waals surface area contributed by atoms with Gasteiger partial charge in [-0.05, 0) is 22.9 Å². The van der Waals surface area contributed by atoms with E-state index in [9.17, 15) is 4.79 Å². The lowest BCUT2D eigenvalue weighted by molar-refractivity contribution is 0.0689. The summed E-state index contributed by atoms with van der Waals surface area (Å²) in [6, 6.07) is 0. The Morgan fingerprint density at radius 1 is 1.71 bits per heavy atom. The first-order chi connectivity index (χ1) is 6.56. The highest BCUT2D eigenvalue weighted by Gasteiger charge is 2.13. The van der Waals surface area contributed by atoms with Crippen molar-refractivity contribution in [1.29, 1.82) is 0 Å². The second kappa shape index (κ2) is 4.36. The van der Waals surface area contributed by atoms with E-state index in [-0.39, 0.29) is 5.69 Å². The Balaban J connectivity index is 3.12. The van der Waals surface area contributed by atoms with E-state index in [1.54, 1.807) is 11.9 Å². The Morgan fingerprint density at radius 3 is 2.86 bits per heavy atom. The Morgan fingerprint density at radius 2 is 2.36 bits per heavy atom. The van der Waals surface area contributed by atoms with Crippen molar-refractivity contribution >= 4 is 27.8 Å². The van der Waals surface area contributed by atoms with Crippen molar-refractivity contribution in [3.05, 3.63) is 16.4 Å². The van der Waals surface area contributed by atoms with Crippen LogP contribution in [0.2, 0.25) is 0 Å². The summed E-state index contributed by atoms with van der Waals surface area (Å²) in [5, 5.41) is 8.81. The molecule has 5 nitrogen and oxygen atoms in total. The lowest BCUT2D eigenvalue weighted by Crippen LogP contribution is -2.20. The summed E-state index contributed by atoms with van der Waals surface area (Å²) in [6.45, 7) is 2.66. The molecule has 0 radical (unpaired) electrons. The number of carbonyl (C=O) groups is 1. The minimum atomic E-state index is -1.06. The van der Waals surface area contributed by atoms with Crippen molar-refractivity contribution in [3.63, 3.8) is 0 Å². The van der Waals surface area contributed by atoms with Crippen LogP contribution < -0.4 is 4.90 Å². The van der Waals surface area contributed by atoms with Gasteiger partial charge >= 0.3 is 5.97 Å². The van der Waals surface area contributed by atoms with Crippen LogP contribution in [0.1, 0.15) is 17.4 Å². The molecule has 1 N–H and O–H groups in total. The third kappa shape index (κ3) is 2.20. The van der Waals surface area contributed by atoms with E-state index < -0.39 is 5.97 Å². The van der Waals surface area contributed by atoms with Gasteiger partial charge in [-0.15, -0.1) is 0 Å². The molecule has 0 aliphatic heterocycles. The molecule has 1 heterocycles. The third-order valence-corrected chi connectivity index (χ3v) is 2.33. The summed E-state index contributed by atoms with van der Waals surface area (Å²) in [6.07, 6.45) is 1.44. The molecule has 0 atom stereocenters. The normalized spacial score (nSPS) is 9.93. The van der Waals surface area contributed by atoms with Gasteiger partial charge < -0.3 is 10.0 Å². The largest absolute Gasteiger partial charge is 0.476 e. The van der Waals surface area contributed by atoms with Crippen molar-refractivity contribution in [2.75, 3.05) is 18.5 Å². The van der Waals surface area contributed by atoms with Gasteiger partial charge in [0.15, 0.2) is 5.69 Å². The monoisotopic (exact) mass is 259 g/mol. The molecular formula is C8H10BrN3O2. The lowest BCUT2D eigenvalue weighted by Gasteiger charge is -2.14. The molecular weight excluding hydrogens is 250 g/mol. The van der Waals surface area contributed by atoms with E-state index >= 15 is 0 Å². The van der Waals surface area contributed by atoms with Gasteiger partial charge in [-0.25, -0.2) is 14.8 Å². The van der Waals surface area contributed by atoms with Crippen LogP contribution in [0.5, 0.6) is 0 Å². The number of nitrogens with zero attached hydrogens (tertiary/aromatic N) is 3. The van der Waals surface area contributed by atoms with Crippen molar-refractivity contribution in [2.45, 2.75) is 6.92 Å². The quantitative estimate of drug-likeness (QED) is 0.889. The smallest absolute Gasteiger partial charge is 0.355 e. The van der Waals surface area contributed by atoms with Gasteiger partial charge in [0.2, 0.25) is 5.95 Å². The number of halogens is 1. The second-order valence-electron chi connectivity index (χ2n) is 2.69. The van der Waals surface area contributed by atoms with E-state index in [1.807, 2.05) is 6.92 Å². The molecule has 6 heteroatoms. The van der Waals surface area contributed by atoms with E-state index in [4.69, 9.17) is 5.11 Å². The maximum Gasteiger partial charge on any atom is 0.355 e. The van der Waals surface area contributed by atoms with Crippen molar-refractivity contribution in [2.24, 2.45) is 0 Å². The van der Waals surface area contributed by atoms with Gasteiger partial charge in [0.25, 0.3) is 0 Å². The lowest BCUT2D eigenvalue weighted by atomic mass is 10.4. The fourth-order valence-corrected chi connectivity index (χ4v) is 1.19. The van der Waals surface area contributed by atoms with Gasteiger partial charge in [0.05, 0.1) is 4.47 Å². The molecule has 76 valence electrons. The maximum atomic E-state index is 10.7. The van der Waals surface area contributed by atoms with Gasteiger partial charge in [0.1, 0.15) is 0 Å². The Kier molecular flexibility index (Phi) is 3.40. The van der Waals surface area contributed by atoms with Crippen LogP contribution in [0.4, 0.5) is 5.95 Å². The number of rotatable bonds is 3. The zero-order valence-corrected chi connectivity index (χ0v) is 9.45. The molecule has 0 unspecified atom stereocenters. The van der Waals surface area contributed by atoms with Crippen LogP contribution in [-0.4, -0.2) is 34.6 Å². The highest BCUT2D eigenvalue weighted by Crippen LogP contribution is 2.16. The molecule has 0 aromatic carbocycles. The molecule has 1 aromatic rings. The van der Waals surface area contributed by atoms with Crippen molar-refractivity contribution < 1.29 is 9.90 Å². The van der Waals surface area contributed by atoms with E-state index in [0.29, 0.717) is 10.4 Å². The topological polar surface area (TPSA) is 66.3 Å². The molecule has 0 spiro atoms. The summed E-state index contributed by atoms with van der Waals surface area (Å²) < 4.78 is 0.387. The Labute approximate surface area is 89.9 Å². The first-order valence-corrected chi connectivity index (χ1v) is 4.82. The third-order valence-electron chi connectivity index (χ3n) is 1.75. The minimum absolute atomic E-state index is 0.0182. The van der Waals surface area contributed by atoms with Gasteiger partial charge in [-0.3, -0.25) is 0 Å². The Bertz CT molecular complexity index is 356. The van der Waals surface area contributed by atoms with Crippen LogP contribution >= 0.6 is 15.9 Å². The highest BCUT2D eigenvalue weighted by atomic mass is 79.9. The number of hydrogen-bond donors (Lipinski definition) is 1. The molecule has 0 aliphatic carbocycles. The molecule has 0 saturated heterocycles. The molecule has 0 fully saturated rings. The summed E-state index contributed by atoms with van der Waals surface area (Å²) in [5.41, 5.74) is -0.0182. The molecule has 0 saturated carbocycles. The molecule has 1 aromatic heterocycles. The molecule has 0 bridgehead atoms. The summed E-state index contributed by atoms with van der Waals surface area (Å²) in [4.78, 5) is 20.4. The number of carboxylic acid groups (broad SMARTS) is 1. The molecule has 0 aliphatic rings. The highest BCUT2D eigenvalue weighted by molar-refractivity contribution is 9.10. The number of aromatic nitrogens is 2. The SMILES string of the molecule is CCN(C)c1ncc(Br)c(C(=O)O)n1. The second-order valence-corrected chi connectivity index (χ2v) is 3.54. The van der Waals surface area contributed by atoms with Crippen LogP contribution in [-0.2, 0) is 0 Å². The minimum Gasteiger partial charge on any atom is -0.476 e. The number of aromatic carboxylic acids is 1. The van der Waals surface area contributed by atoms with Crippen LogP contribution in [0, 0.1) is 0 Å². The number of hydrogen-bond acceptors (Lipinski definition) is 4. The number of anilines is 1. The Hall–Kier alpha value is -1.17. The predicted molar refractivity (Wildman–Crippen MR) is 55.6 cm³/mol. The van der Waals surface area contributed by atoms with E-state index in [1.165, 1.54) is 6.20 Å². The van der Waals surface area contributed by atoms with E-state index in [2.05, 4.69) is 25.9 Å². The summed E-state index contributed by atoms with van der Waals surface area (Å²) >= 11 is 3.08. The summed E-state index contributed by atoms with van der Waals surface area (Å²) in [5.74, 6) is -0.655. The van der Waals surface area contributed by atoms with Crippen LogP contribution in [0.3, 0.4) is 0 Å². The average Bonchev–Trinajstić information content (AvgIpc) is 2.17. The summed E-state index contributed by atoms with van der Waals surface area (Å²) in [7, 11) is 1.80. The average molecular weight is 260 g/mol. The van der Waals surface area contributed by atoms with Crippen molar-refractivity contribution in [3.8, 4) is 0 Å². The fourth-order valence-electron chi connectivity index (χ4n) is 0.833. The van der Waals surface area contributed by atoms with Gasteiger partial charge in [0, 0.05) is 19.8 Å². The molecule has 1 rings (SSSR count). The predicted octanol–water partition coefficient (Wildman–Crippen LogP) is 1.39. The van der Waals surface area contributed by atoms with E-state index in [0.717, 1.165) is 6.54 Å². The first-order valence-electron chi connectivity index (χ1n) is 4.03. The zero-order valence-electron chi connectivity index (χ0n) is 7.86. The van der Waals surface area contributed by atoms with Crippen molar-refractivity contribution in [1.82, 2.24) is 9.97 Å². The number of carboxylic acids is 1. The van der Waals surface area contributed by atoms with Crippen LogP contribution in [0.15, 0.2) is 10.7 Å². The van der Waals surface area contributed by atoms with Crippen LogP contribution in [0.25, 0.3) is 0 Å². The first kappa shape index (κ1) is 10.9. The molecule has 14 heavy (non-hydrogen) atoms.